The highest BCUT2D eigenvalue weighted by Crippen LogP contribution is 2.20. The minimum absolute atomic E-state index is 0.0498. The molecule has 0 radical (unpaired) electrons. The van der Waals surface area contributed by atoms with E-state index < -0.39 is 0 Å². The van der Waals surface area contributed by atoms with Crippen LogP contribution in [0.4, 0.5) is 10.1 Å². The Labute approximate surface area is 110 Å². The molecular weight excluding hydrogens is 227 g/mol. The monoisotopic (exact) mass is 252 g/mol. The van der Waals surface area contributed by atoms with E-state index >= 15 is 0 Å². The number of halogens is 1. The van der Waals surface area contributed by atoms with E-state index in [-0.39, 0.29) is 11.4 Å². The highest BCUT2D eigenvalue weighted by atomic mass is 19.1. The molecule has 0 spiro atoms. The lowest BCUT2D eigenvalue weighted by molar-refractivity contribution is 0.423. The summed E-state index contributed by atoms with van der Waals surface area (Å²) in [5, 5.41) is 3.36. The van der Waals surface area contributed by atoms with Crippen LogP contribution in [0.1, 0.15) is 39.7 Å². The molecule has 3 heteroatoms. The molecule has 0 unspecified atom stereocenters. The van der Waals surface area contributed by atoms with Gasteiger partial charge in [-0.2, -0.15) is 0 Å². The second-order valence-corrected chi connectivity index (χ2v) is 5.81. The lowest BCUT2D eigenvalue weighted by Gasteiger charge is -2.22. The average Bonchev–Trinajstić information content (AvgIpc) is 2.25. The molecule has 0 amide bonds. The van der Waals surface area contributed by atoms with Gasteiger partial charge in [-0.3, -0.25) is 0 Å². The van der Waals surface area contributed by atoms with E-state index in [4.69, 9.17) is 0 Å². The van der Waals surface area contributed by atoms with Gasteiger partial charge in [0.15, 0.2) is 0 Å². The summed E-state index contributed by atoms with van der Waals surface area (Å²) in [4.78, 5) is 1.95. The molecule has 1 aromatic carbocycles. The predicted molar refractivity (Wildman–Crippen MR) is 76.6 cm³/mol. The van der Waals surface area contributed by atoms with Crippen molar-refractivity contribution in [2.75, 3.05) is 18.5 Å². The topological polar surface area (TPSA) is 15.3 Å². The molecule has 1 aromatic rings. The highest BCUT2D eigenvalue weighted by molar-refractivity contribution is 5.48. The smallest absolute Gasteiger partial charge is 0.146 e. The third kappa shape index (κ3) is 4.65. The van der Waals surface area contributed by atoms with Crippen molar-refractivity contribution >= 4 is 5.69 Å². The van der Waals surface area contributed by atoms with Gasteiger partial charge in [0, 0.05) is 25.7 Å². The number of anilines is 1. The zero-order valence-electron chi connectivity index (χ0n) is 12.2. The van der Waals surface area contributed by atoms with Crippen LogP contribution in [-0.2, 0) is 6.54 Å². The molecule has 0 heterocycles. The SMILES string of the molecule is CCCN(C)c1ccc(CNC(C)(C)C)cc1F. The average molecular weight is 252 g/mol. The largest absolute Gasteiger partial charge is 0.372 e. The van der Waals surface area contributed by atoms with Crippen molar-refractivity contribution < 1.29 is 4.39 Å². The van der Waals surface area contributed by atoms with Gasteiger partial charge in [-0.25, -0.2) is 4.39 Å². The van der Waals surface area contributed by atoms with Gasteiger partial charge in [0.05, 0.1) is 5.69 Å². The van der Waals surface area contributed by atoms with E-state index in [9.17, 15) is 4.39 Å². The van der Waals surface area contributed by atoms with Crippen molar-refractivity contribution in [3.8, 4) is 0 Å². The van der Waals surface area contributed by atoms with E-state index in [0.29, 0.717) is 12.2 Å². The predicted octanol–water partition coefficient (Wildman–Crippen LogP) is 3.56. The number of nitrogens with one attached hydrogen (secondary N) is 1. The summed E-state index contributed by atoms with van der Waals surface area (Å²) in [6.07, 6.45) is 1.02. The first-order valence-corrected chi connectivity index (χ1v) is 6.58. The summed E-state index contributed by atoms with van der Waals surface area (Å²) in [7, 11) is 1.93. The minimum Gasteiger partial charge on any atom is -0.372 e. The molecule has 18 heavy (non-hydrogen) atoms. The van der Waals surface area contributed by atoms with Crippen LogP contribution < -0.4 is 10.2 Å². The second-order valence-electron chi connectivity index (χ2n) is 5.81. The molecule has 0 atom stereocenters. The molecule has 1 rings (SSSR count). The van der Waals surface area contributed by atoms with Crippen molar-refractivity contribution in [1.82, 2.24) is 5.32 Å². The molecule has 0 bridgehead atoms. The quantitative estimate of drug-likeness (QED) is 0.862. The number of nitrogens with zero attached hydrogens (tertiary/aromatic N) is 1. The fourth-order valence-corrected chi connectivity index (χ4v) is 1.79. The van der Waals surface area contributed by atoms with Gasteiger partial charge >= 0.3 is 0 Å². The van der Waals surface area contributed by atoms with Crippen molar-refractivity contribution in [1.29, 1.82) is 0 Å². The number of benzene rings is 1. The Morgan fingerprint density at radius 2 is 1.94 bits per heavy atom. The van der Waals surface area contributed by atoms with Crippen molar-refractivity contribution in [3.63, 3.8) is 0 Å². The second kappa shape index (κ2) is 6.19. The van der Waals surface area contributed by atoms with Crippen LogP contribution in [-0.4, -0.2) is 19.1 Å². The van der Waals surface area contributed by atoms with E-state index in [0.717, 1.165) is 18.5 Å². The molecule has 0 aliphatic carbocycles. The molecule has 0 saturated heterocycles. The molecule has 2 nitrogen and oxygen atoms in total. The van der Waals surface area contributed by atoms with Gasteiger partial charge in [-0.15, -0.1) is 0 Å². The zero-order chi connectivity index (χ0) is 13.8. The maximum Gasteiger partial charge on any atom is 0.146 e. The number of hydrogen-bond acceptors (Lipinski definition) is 2. The van der Waals surface area contributed by atoms with Gasteiger partial charge in [-0.1, -0.05) is 13.0 Å². The van der Waals surface area contributed by atoms with Gasteiger partial charge in [0.2, 0.25) is 0 Å². The maximum atomic E-state index is 14.0. The molecule has 0 saturated carbocycles. The van der Waals surface area contributed by atoms with Crippen LogP contribution in [0.15, 0.2) is 18.2 Å². The third-order valence-corrected chi connectivity index (χ3v) is 2.81. The summed E-state index contributed by atoms with van der Waals surface area (Å²) < 4.78 is 14.0. The maximum absolute atomic E-state index is 14.0. The summed E-state index contributed by atoms with van der Waals surface area (Å²) in [5.74, 6) is -0.140. The first-order valence-electron chi connectivity index (χ1n) is 6.58. The Kier molecular flexibility index (Phi) is 5.15. The Hall–Kier alpha value is -1.09. The molecule has 0 fully saturated rings. The van der Waals surface area contributed by atoms with Crippen LogP contribution in [0.3, 0.4) is 0 Å². The molecular formula is C15H25FN2. The van der Waals surface area contributed by atoms with Crippen LogP contribution in [0, 0.1) is 5.82 Å². The standard InChI is InChI=1S/C15H25FN2/c1-6-9-18(5)14-8-7-12(10-13(14)16)11-17-15(2,3)4/h7-8,10,17H,6,9,11H2,1-5H3. The fraction of sp³-hybridized carbons (Fsp3) is 0.600. The Morgan fingerprint density at radius 1 is 1.28 bits per heavy atom. The van der Waals surface area contributed by atoms with Crippen LogP contribution in [0.2, 0.25) is 0 Å². The lowest BCUT2D eigenvalue weighted by Crippen LogP contribution is -2.35. The first kappa shape index (κ1) is 15.0. The van der Waals surface area contributed by atoms with E-state index in [2.05, 4.69) is 33.0 Å². The zero-order valence-corrected chi connectivity index (χ0v) is 12.2. The van der Waals surface area contributed by atoms with Crippen molar-refractivity contribution in [2.24, 2.45) is 0 Å². The van der Waals surface area contributed by atoms with E-state index in [1.165, 1.54) is 0 Å². The Balaban J connectivity index is 2.73. The van der Waals surface area contributed by atoms with Crippen LogP contribution >= 0.6 is 0 Å². The van der Waals surface area contributed by atoms with Crippen molar-refractivity contribution in [3.05, 3.63) is 29.6 Å². The Morgan fingerprint density at radius 3 is 2.44 bits per heavy atom. The molecule has 0 aromatic heterocycles. The molecule has 102 valence electrons. The molecule has 1 N–H and O–H groups in total. The summed E-state index contributed by atoms with van der Waals surface area (Å²) in [6.45, 7) is 9.97. The summed E-state index contributed by atoms with van der Waals surface area (Å²) in [5.41, 5.74) is 1.71. The van der Waals surface area contributed by atoms with Gasteiger partial charge in [0.1, 0.15) is 5.82 Å². The number of hydrogen-bond donors (Lipinski definition) is 1. The van der Waals surface area contributed by atoms with E-state index in [1.807, 2.05) is 24.1 Å². The van der Waals surface area contributed by atoms with Gasteiger partial charge in [-0.05, 0) is 44.9 Å². The minimum atomic E-state index is -0.140. The van der Waals surface area contributed by atoms with Crippen molar-refractivity contribution in [2.45, 2.75) is 46.2 Å². The van der Waals surface area contributed by atoms with Gasteiger partial charge in [0.25, 0.3) is 0 Å². The lowest BCUT2D eigenvalue weighted by atomic mass is 10.1. The number of rotatable bonds is 5. The normalized spacial score (nSPS) is 11.7. The molecule has 0 aliphatic heterocycles. The highest BCUT2D eigenvalue weighted by Gasteiger charge is 2.11. The Bertz CT molecular complexity index is 383. The first-order chi connectivity index (χ1) is 8.33. The fourth-order valence-electron chi connectivity index (χ4n) is 1.79. The third-order valence-electron chi connectivity index (χ3n) is 2.81. The van der Waals surface area contributed by atoms with Crippen LogP contribution in [0.25, 0.3) is 0 Å². The van der Waals surface area contributed by atoms with Crippen LogP contribution in [0.5, 0.6) is 0 Å². The van der Waals surface area contributed by atoms with Gasteiger partial charge < -0.3 is 10.2 Å². The summed E-state index contributed by atoms with van der Waals surface area (Å²) in [6, 6.07) is 5.48. The molecule has 0 aliphatic rings. The summed E-state index contributed by atoms with van der Waals surface area (Å²) >= 11 is 0. The van der Waals surface area contributed by atoms with E-state index in [1.54, 1.807) is 6.07 Å².